The van der Waals surface area contributed by atoms with E-state index in [-0.39, 0.29) is 24.1 Å². The van der Waals surface area contributed by atoms with E-state index in [2.05, 4.69) is 5.32 Å². The molecule has 7 heteroatoms. The number of piperidine rings is 1. The van der Waals surface area contributed by atoms with Crippen LogP contribution >= 0.6 is 11.6 Å². The molecule has 2 aromatic rings. The predicted molar refractivity (Wildman–Crippen MR) is 108 cm³/mol. The molecule has 1 saturated heterocycles. The van der Waals surface area contributed by atoms with Crippen molar-refractivity contribution < 1.29 is 13.2 Å². The van der Waals surface area contributed by atoms with E-state index >= 15 is 0 Å². The minimum absolute atomic E-state index is 0.0459. The number of sulfonamides is 1. The SMILES string of the molecule is Cc1ccc(NC(=O)[C@@H]2CCCN(S(=O)(=O)Cc3ccccc3)C2)cc1Cl. The summed E-state index contributed by atoms with van der Waals surface area (Å²) in [7, 11) is -3.46. The van der Waals surface area contributed by atoms with Gasteiger partial charge in [-0.05, 0) is 43.0 Å². The summed E-state index contributed by atoms with van der Waals surface area (Å²) in [5, 5.41) is 3.44. The zero-order chi connectivity index (χ0) is 19.4. The van der Waals surface area contributed by atoms with Crippen molar-refractivity contribution in [1.82, 2.24) is 4.31 Å². The number of nitrogens with zero attached hydrogens (tertiary/aromatic N) is 1. The van der Waals surface area contributed by atoms with Gasteiger partial charge in [-0.15, -0.1) is 0 Å². The minimum atomic E-state index is -3.46. The molecule has 1 heterocycles. The van der Waals surface area contributed by atoms with Crippen LogP contribution in [0.5, 0.6) is 0 Å². The molecule has 5 nitrogen and oxygen atoms in total. The number of halogens is 1. The highest BCUT2D eigenvalue weighted by Crippen LogP contribution is 2.24. The van der Waals surface area contributed by atoms with Gasteiger partial charge in [0.05, 0.1) is 11.7 Å². The van der Waals surface area contributed by atoms with E-state index in [0.29, 0.717) is 30.1 Å². The zero-order valence-corrected chi connectivity index (χ0v) is 16.8. The Labute approximate surface area is 165 Å². The van der Waals surface area contributed by atoms with Crippen molar-refractivity contribution >= 4 is 33.2 Å². The first-order valence-corrected chi connectivity index (χ1v) is 10.9. The summed E-state index contributed by atoms with van der Waals surface area (Å²) < 4.78 is 26.9. The number of hydrogen-bond acceptors (Lipinski definition) is 3. The van der Waals surface area contributed by atoms with Crippen molar-refractivity contribution in [2.75, 3.05) is 18.4 Å². The van der Waals surface area contributed by atoms with Crippen LogP contribution in [-0.4, -0.2) is 31.7 Å². The number of anilines is 1. The van der Waals surface area contributed by atoms with Gasteiger partial charge in [-0.25, -0.2) is 12.7 Å². The Morgan fingerprint density at radius 1 is 1.22 bits per heavy atom. The van der Waals surface area contributed by atoms with Gasteiger partial charge in [0.15, 0.2) is 0 Å². The second kappa shape index (κ2) is 8.42. The molecule has 1 fully saturated rings. The Morgan fingerprint density at radius 3 is 2.67 bits per heavy atom. The van der Waals surface area contributed by atoms with Crippen molar-refractivity contribution in [3.63, 3.8) is 0 Å². The van der Waals surface area contributed by atoms with Gasteiger partial charge in [-0.2, -0.15) is 0 Å². The molecular formula is C20H23ClN2O3S. The van der Waals surface area contributed by atoms with Crippen LogP contribution in [0.2, 0.25) is 5.02 Å². The molecule has 1 amide bonds. The summed E-state index contributed by atoms with van der Waals surface area (Å²) in [6.07, 6.45) is 1.34. The number of nitrogens with one attached hydrogen (secondary N) is 1. The summed E-state index contributed by atoms with van der Waals surface area (Å²) in [5.41, 5.74) is 2.31. The summed E-state index contributed by atoms with van der Waals surface area (Å²) in [5.74, 6) is -0.589. The van der Waals surface area contributed by atoms with E-state index in [4.69, 9.17) is 11.6 Å². The quantitative estimate of drug-likeness (QED) is 0.820. The van der Waals surface area contributed by atoms with Crippen LogP contribution in [0.25, 0.3) is 0 Å². The largest absolute Gasteiger partial charge is 0.326 e. The third-order valence-corrected chi connectivity index (χ3v) is 7.00. The minimum Gasteiger partial charge on any atom is -0.326 e. The summed E-state index contributed by atoms with van der Waals surface area (Å²) in [6.45, 7) is 2.56. The molecular weight excluding hydrogens is 384 g/mol. The number of carbonyl (C=O) groups is 1. The van der Waals surface area contributed by atoms with Gasteiger partial charge in [-0.1, -0.05) is 48.0 Å². The lowest BCUT2D eigenvalue weighted by Gasteiger charge is -2.31. The fraction of sp³-hybridized carbons (Fsp3) is 0.350. The molecule has 1 N–H and O–H groups in total. The van der Waals surface area contributed by atoms with Crippen molar-refractivity contribution in [2.45, 2.75) is 25.5 Å². The van der Waals surface area contributed by atoms with Gasteiger partial charge in [0, 0.05) is 23.8 Å². The van der Waals surface area contributed by atoms with Gasteiger partial charge in [0.25, 0.3) is 0 Å². The van der Waals surface area contributed by atoms with E-state index in [0.717, 1.165) is 11.1 Å². The van der Waals surface area contributed by atoms with Crippen molar-refractivity contribution in [1.29, 1.82) is 0 Å². The Balaban J connectivity index is 1.66. The van der Waals surface area contributed by atoms with Crippen molar-refractivity contribution in [2.24, 2.45) is 5.92 Å². The van der Waals surface area contributed by atoms with Gasteiger partial charge < -0.3 is 5.32 Å². The van der Waals surface area contributed by atoms with E-state index < -0.39 is 10.0 Å². The Hall–Kier alpha value is -1.89. The molecule has 1 aliphatic rings. The second-order valence-corrected chi connectivity index (χ2v) is 9.27. The maximum Gasteiger partial charge on any atom is 0.228 e. The molecule has 0 radical (unpaired) electrons. The molecule has 0 aliphatic carbocycles. The molecule has 0 saturated carbocycles. The number of rotatable bonds is 5. The molecule has 2 aromatic carbocycles. The van der Waals surface area contributed by atoms with Gasteiger partial charge in [0.1, 0.15) is 0 Å². The number of benzene rings is 2. The van der Waals surface area contributed by atoms with Crippen LogP contribution in [0.4, 0.5) is 5.69 Å². The summed E-state index contributed by atoms with van der Waals surface area (Å²) in [6, 6.07) is 14.4. The van der Waals surface area contributed by atoms with Crippen LogP contribution in [0, 0.1) is 12.8 Å². The smallest absolute Gasteiger partial charge is 0.228 e. The fourth-order valence-corrected chi connectivity index (χ4v) is 4.99. The number of hydrogen-bond donors (Lipinski definition) is 1. The standard InChI is InChI=1S/C20H23ClN2O3S/c1-15-9-10-18(12-19(15)21)22-20(24)17-8-5-11-23(13-17)27(25,26)14-16-6-3-2-4-7-16/h2-4,6-7,9-10,12,17H,5,8,11,13-14H2,1H3,(H,22,24)/t17-/m1/s1. The van der Waals surface area contributed by atoms with Crippen molar-refractivity contribution in [3.8, 4) is 0 Å². The van der Waals surface area contributed by atoms with Crippen LogP contribution in [0.15, 0.2) is 48.5 Å². The first-order chi connectivity index (χ1) is 12.8. The van der Waals surface area contributed by atoms with Crippen LogP contribution < -0.4 is 5.32 Å². The molecule has 0 spiro atoms. The van der Waals surface area contributed by atoms with Crippen LogP contribution in [0.3, 0.4) is 0 Å². The monoisotopic (exact) mass is 406 g/mol. The number of aryl methyl sites for hydroxylation is 1. The van der Waals surface area contributed by atoms with E-state index in [1.807, 2.05) is 31.2 Å². The van der Waals surface area contributed by atoms with Gasteiger partial charge in [0.2, 0.25) is 15.9 Å². The van der Waals surface area contributed by atoms with E-state index in [9.17, 15) is 13.2 Å². The maximum atomic E-state index is 12.7. The highest BCUT2D eigenvalue weighted by Gasteiger charge is 2.32. The first kappa shape index (κ1) is 19.9. The highest BCUT2D eigenvalue weighted by molar-refractivity contribution is 7.88. The lowest BCUT2D eigenvalue weighted by molar-refractivity contribution is -0.120. The fourth-order valence-electron chi connectivity index (χ4n) is 3.20. The average Bonchev–Trinajstić information content (AvgIpc) is 2.65. The highest BCUT2D eigenvalue weighted by atomic mass is 35.5. The zero-order valence-electron chi connectivity index (χ0n) is 15.2. The molecule has 0 unspecified atom stereocenters. The average molecular weight is 407 g/mol. The van der Waals surface area contributed by atoms with Crippen molar-refractivity contribution in [3.05, 3.63) is 64.7 Å². The molecule has 1 aliphatic heterocycles. The van der Waals surface area contributed by atoms with Crippen LogP contribution in [0.1, 0.15) is 24.0 Å². The lowest BCUT2D eigenvalue weighted by Crippen LogP contribution is -2.44. The van der Waals surface area contributed by atoms with Gasteiger partial charge in [-0.3, -0.25) is 4.79 Å². The topological polar surface area (TPSA) is 66.5 Å². The molecule has 0 aromatic heterocycles. The predicted octanol–water partition coefficient (Wildman–Crippen LogP) is 3.83. The normalized spacial score (nSPS) is 18.2. The Kier molecular flexibility index (Phi) is 6.19. The third kappa shape index (κ3) is 5.09. The van der Waals surface area contributed by atoms with Gasteiger partial charge >= 0.3 is 0 Å². The summed E-state index contributed by atoms with van der Waals surface area (Å²) in [4.78, 5) is 12.6. The Morgan fingerprint density at radius 2 is 1.96 bits per heavy atom. The third-order valence-electron chi connectivity index (χ3n) is 4.78. The Bertz CT molecular complexity index is 916. The second-order valence-electron chi connectivity index (χ2n) is 6.89. The first-order valence-electron chi connectivity index (χ1n) is 8.94. The maximum absolute atomic E-state index is 12.7. The molecule has 0 bridgehead atoms. The molecule has 27 heavy (non-hydrogen) atoms. The van der Waals surface area contributed by atoms with E-state index in [1.165, 1.54) is 4.31 Å². The molecule has 3 rings (SSSR count). The molecule has 1 atom stereocenters. The molecule has 144 valence electrons. The lowest BCUT2D eigenvalue weighted by atomic mass is 9.98. The van der Waals surface area contributed by atoms with E-state index in [1.54, 1.807) is 24.3 Å². The number of carbonyl (C=O) groups excluding carboxylic acids is 1. The summed E-state index contributed by atoms with van der Waals surface area (Å²) >= 11 is 6.10. The van der Waals surface area contributed by atoms with Crippen LogP contribution in [-0.2, 0) is 20.6 Å². The number of amides is 1.